The molecule has 1 atom stereocenters. The van der Waals surface area contributed by atoms with Crippen LogP contribution in [0.1, 0.15) is 20.8 Å². The van der Waals surface area contributed by atoms with Gasteiger partial charge in [-0.05, 0) is 20.8 Å². The Kier molecular flexibility index (Phi) is 4.05. The smallest absolute Gasteiger partial charge is 0.147 e. The number of aliphatic hydroxyl groups is 1. The van der Waals surface area contributed by atoms with Crippen LogP contribution in [0, 0.1) is 0 Å². The van der Waals surface area contributed by atoms with E-state index in [9.17, 15) is 0 Å². The molecule has 3 nitrogen and oxygen atoms in total. The second-order valence-electron chi connectivity index (χ2n) is 2.14. The number of hydrogen-bond acceptors (Lipinski definition) is 3. The molecule has 0 unspecified atom stereocenters. The van der Waals surface area contributed by atoms with Crippen molar-refractivity contribution < 1.29 is 9.94 Å². The van der Waals surface area contributed by atoms with Crippen LogP contribution in [0.3, 0.4) is 0 Å². The molecule has 0 saturated heterocycles. The van der Waals surface area contributed by atoms with Crippen molar-refractivity contribution in [2.45, 2.75) is 26.9 Å². The van der Waals surface area contributed by atoms with Gasteiger partial charge in [0, 0.05) is 0 Å². The normalized spacial score (nSPS) is 12.4. The summed E-state index contributed by atoms with van der Waals surface area (Å²) in [6, 6.07) is 0. The summed E-state index contributed by atoms with van der Waals surface area (Å²) >= 11 is 0. The van der Waals surface area contributed by atoms with Crippen molar-refractivity contribution in [1.82, 2.24) is 0 Å². The molecule has 0 aromatic carbocycles. The van der Waals surface area contributed by atoms with Crippen molar-refractivity contribution in [3.63, 3.8) is 0 Å². The van der Waals surface area contributed by atoms with Crippen molar-refractivity contribution >= 4 is 5.71 Å². The minimum absolute atomic E-state index is 0.0107. The third-order valence-electron chi connectivity index (χ3n) is 0.672. The first-order valence-corrected chi connectivity index (χ1v) is 2.94. The highest BCUT2D eigenvalue weighted by atomic mass is 16.6. The second-order valence-corrected chi connectivity index (χ2v) is 2.14. The molecule has 0 aromatic heterocycles. The summed E-state index contributed by atoms with van der Waals surface area (Å²) in [5, 5.41) is 12.1. The fourth-order valence-corrected chi connectivity index (χ4v) is 0.229. The zero-order valence-electron chi connectivity index (χ0n) is 6.09. The zero-order valence-corrected chi connectivity index (χ0v) is 6.09. The van der Waals surface area contributed by atoms with Crippen LogP contribution in [-0.4, -0.2) is 23.5 Å². The zero-order chi connectivity index (χ0) is 7.28. The summed E-state index contributed by atoms with van der Waals surface area (Å²) in [4.78, 5) is 4.79. The molecule has 9 heavy (non-hydrogen) atoms. The Labute approximate surface area is 55.3 Å². The molecule has 0 aromatic rings. The average Bonchev–Trinajstić information content (AvgIpc) is 1.83. The summed E-state index contributed by atoms with van der Waals surface area (Å²) in [5.74, 6) is 0. The molecular formula is C6H13NO2. The Morgan fingerprint density at radius 3 is 2.56 bits per heavy atom. The molecule has 1 N–H and O–H groups in total. The molecule has 0 amide bonds. The van der Waals surface area contributed by atoms with E-state index in [0.717, 1.165) is 5.71 Å². The maximum atomic E-state index is 8.45. The summed E-state index contributed by atoms with van der Waals surface area (Å²) < 4.78 is 0. The third-order valence-corrected chi connectivity index (χ3v) is 0.672. The van der Waals surface area contributed by atoms with Crippen LogP contribution in [-0.2, 0) is 4.84 Å². The third kappa shape index (κ3) is 5.30. The Hall–Kier alpha value is -0.570. The summed E-state index contributed by atoms with van der Waals surface area (Å²) in [7, 11) is 0. The van der Waals surface area contributed by atoms with E-state index in [0.29, 0.717) is 0 Å². The Balaban J connectivity index is 3.37. The molecule has 0 aliphatic carbocycles. The summed E-state index contributed by atoms with van der Waals surface area (Å²) in [5.41, 5.74) is 0.857. The predicted molar refractivity (Wildman–Crippen MR) is 36.4 cm³/mol. The lowest BCUT2D eigenvalue weighted by atomic mass is 10.4. The standard InChI is InChI=1S/C6H13NO2/c1-5(2)7-9-6(3)4-8/h6,8H,4H2,1-3H3/t6-/m1/s1. The van der Waals surface area contributed by atoms with E-state index in [2.05, 4.69) is 5.16 Å². The first-order chi connectivity index (χ1) is 4.16. The Bertz CT molecular complexity index is 97.2. The number of nitrogens with zero attached hydrogens (tertiary/aromatic N) is 1. The molecule has 0 bridgehead atoms. The highest BCUT2D eigenvalue weighted by Crippen LogP contribution is 1.89. The maximum absolute atomic E-state index is 8.45. The van der Waals surface area contributed by atoms with Crippen LogP contribution in [0.25, 0.3) is 0 Å². The molecule has 3 heteroatoms. The maximum Gasteiger partial charge on any atom is 0.147 e. The monoisotopic (exact) mass is 131 g/mol. The van der Waals surface area contributed by atoms with Crippen LogP contribution >= 0.6 is 0 Å². The number of rotatable bonds is 3. The van der Waals surface area contributed by atoms with E-state index in [-0.39, 0.29) is 12.7 Å². The average molecular weight is 131 g/mol. The van der Waals surface area contributed by atoms with Gasteiger partial charge in [0.2, 0.25) is 0 Å². The molecule has 0 rings (SSSR count). The van der Waals surface area contributed by atoms with E-state index in [4.69, 9.17) is 9.94 Å². The lowest BCUT2D eigenvalue weighted by Crippen LogP contribution is -2.09. The van der Waals surface area contributed by atoms with E-state index < -0.39 is 0 Å². The van der Waals surface area contributed by atoms with Gasteiger partial charge in [0.05, 0.1) is 12.3 Å². The molecule has 0 radical (unpaired) electrons. The van der Waals surface area contributed by atoms with Gasteiger partial charge in [-0.2, -0.15) is 0 Å². The molecule has 0 aliphatic rings. The summed E-state index contributed by atoms with van der Waals surface area (Å²) in [6.45, 7) is 5.44. The van der Waals surface area contributed by atoms with Crippen LogP contribution in [0.5, 0.6) is 0 Å². The SMILES string of the molecule is CC(C)=NO[C@H](C)CO. The van der Waals surface area contributed by atoms with Gasteiger partial charge in [0.25, 0.3) is 0 Å². The lowest BCUT2D eigenvalue weighted by Gasteiger charge is -2.04. The summed E-state index contributed by atoms with van der Waals surface area (Å²) in [6.07, 6.45) is -0.195. The van der Waals surface area contributed by atoms with Crippen molar-refractivity contribution in [2.75, 3.05) is 6.61 Å². The van der Waals surface area contributed by atoms with E-state index in [1.165, 1.54) is 0 Å². The van der Waals surface area contributed by atoms with Gasteiger partial charge in [-0.3, -0.25) is 0 Å². The van der Waals surface area contributed by atoms with Crippen molar-refractivity contribution in [3.8, 4) is 0 Å². The molecule has 0 saturated carbocycles. The highest BCUT2D eigenvalue weighted by molar-refractivity contribution is 5.78. The Morgan fingerprint density at radius 1 is 1.67 bits per heavy atom. The molecular weight excluding hydrogens is 118 g/mol. The number of oxime groups is 1. The number of aliphatic hydroxyl groups excluding tert-OH is 1. The molecule has 0 heterocycles. The first-order valence-electron chi connectivity index (χ1n) is 2.94. The van der Waals surface area contributed by atoms with Gasteiger partial charge in [0.15, 0.2) is 0 Å². The first kappa shape index (κ1) is 8.43. The second kappa shape index (κ2) is 4.32. The fourth-order valence-electron chi connectivity index (χ4n) is 0.229. The van der Waals surface area contributed by atoms with Gasteiger partial charge < -0.3 is 9.94 Å². The van der Waals surface area contributed by atoms with Crippen LogP contribution in [0.15, 0.2) is 5.16 Å². The molecule has 0 fully saturated rings. The molecule has 54 valence electrons. The van der Waals surface area contributed by atoms with E-state index in [1.54, 1.807) is 6.92 Å². The fraction of sp³-hybridized carbons (Fsp3) is 0.833. The quantitative estimate of drug-likeness (QED) is 0.454. The predicted octanol–water partition coefficient (Wildman–Crippen LogP) is 0.780. The molecule has 0 spiro atoms. The highest BCUT2D eigenvalue weighted by Gasteiger charge is 1.95. The van der Waals surface area contributed by atoms with E-state index >= 15 is 0 Å². The largest absolute Gasteiger partial charge is 0.392 e. The van der Waals surface area contributed by atoms with E-state index in [1.807, 2.05) is 13.8 Å². The minimum Gasteiger partial charge on any atom is -0.392 e. The van der Waals surface area contributed by atoms with Gasteiger partial charge in [-0.1, -0.05) is 5.16 Å². The number of hydrogen-bond donors (Lipinski definition) is 1. The Morgan fingerprint density at radius 2 is 2.22 bits per heavy atom. The lowest BCUT2D eigenvalue weighted by molar-refractivity contribution is 0.0288. The minimum atomic E-state index is -0.195. The van der Waals surface area contributed by atoms with Crippen molar-refractivity contribution in [3.05, 3.63) is 0 Å². The van der Waals surface area contributed by atoms with Crippen molar-refractivity contribution in [2.24, 2.45) is 5.16 Å². The van der Waals surface area contributed by atoms with Gasteiger partial charge >= 0.3 is 0 Å². The van der Waals surface area contributed by atoms with Crippen LogP contribution in [0.2, 0.25) is 0 Å². The van der Waals surface area contributed by atoms with Gasteiger partial charge in [-0.15, -0.1) is 0 Å². The van der Waals surface area contributed by atoms with Crippen LogP contribution < -0.4 is 0 Å². The van der Waals surface area contributed by atoms with Crippen molar-refractivity contribution in [1.29, 1.82) is 0 Å². The van der Waals surface area contributed by atoms with Gasteiger partial charge in [0.1, 0.15) is 6.10 Å². The van der Waals surface area contributed by atoms with Gasteiger partial charge in [-0.25, -0.2) is 0 Å². The van der Waals surface area contributed by atoms with Crippen LogP contribution in [0.4, 0.5) is 0 Å². The molecule has 0 aliphatic heterocycles. The topological polar surface area (TPSA) is 41.8 Å².